The van der Waals surface area contributed by atoms with E-state index in [-0.39, 0.29) is 6.61 Å². The summed E-state index contributed by atoms with van der Waals surface area (Å²) in [5, 5.41) is 12.3. The van der Waals surface area contributed by atoms with Gasteiger partial charge in [-0.1, -0.05) is 6.42 Å². The molecule has 0 amide bonds. The molecule has 0 radical (unpaired) electrons. The van der Waals surface area contributed by atoms with Gasteiger partial charge in [0.1, 0.15) is 5.54 Å². The molecule has 5 heteroatoms. The molecular weight excluding hydrogens is 220 g/mol. The summed E-state index contributed by atoms with van der Waals surface area (Å²) in [6.45, 7) is 3.64. The fourth-order valence-corrected chi connectivity index (χ4v) is 2.22. The quantitative estimate of drug-likeness (QED) is 0.714. The number of hydrogen-bond acceptors (Lipinski definition) is 4. The van der Waals surface area contributed by atoms with Crippen LogP contribution in [0.25, 0.3) is 0 Å². The predicted molar refractivity (Wildman–Crippen MR) is 66.2 cm³/mol. The van der Waals surface area contributed by atoms with Crippen LogP contribution in [0.1, 0.15) is 26.2 Å². The number of likely N-dealkylation sites (N-methyl/N-ethyl adjacent to an activating group) is 1. The van der Waals surface area contributed by atoms with Gasteiger partial charge < -0.3 is 14.7 Å². The van der Waals surface area contributed by atoms with Gasteiger partial charge in [-0.3, -0.25) is 10.1 Å². The van der Waals surface area contributed by atoms with Crippen LogP contribution >= 0.6 is 0 Å². The van der Waals surface area contributed by atoms with Gasteiger partial charge >= 0.3 is 5.97 Å². The zero-order chi connectivity index (χ0) is 12.9. The second kappa shape index (κ2) is 6.33. The lowest BCUT2D eigenvalue weighted by atomic mass is 10.00. The van der Waals surface area contributed by atoms with E-state index in [0.29, 0.717) is 12.6 Å². The normalized spacial score (nSPS) is 25.5. The minimum atomic E-state index is -0.993. The maximum absolute atomic E-state index is 11.2. The molecule has 2 N–H and O–H groups in total. The summed E-state index contributed by atoms with van der Waals surface area (Å²) in [6, 6.07) is 0.430. The number of likely N-dealkylation sites (tertiary alicyclic amines) is 1. The van der Waals surface area contributed by atoms with Crippen LogP contribution in [-0.2, 0) is 9.53 Å². The summed E-state index contributed by atoms with van der Waals surface area (Å²) in [5.74, 6) is -0.863. The van der Waals surface area contributed by atoms with Crippen LogP contribution < -0.4 is 5.32 Å². The molecule has 1 aliphatic heterocycles. The number of methoxy groups -OCH3 is 1. The summed E-state index contributed by atoms with van der Waals surface area (Å²) >= 11 is 0. The minimum Gasteiger partial charge on any atom is -0.480 e. The minimum absolute atomic E-state index is 0.179. The molecule has 1 aliphatic rings. The van der Waals surface area contributed by atoms with E-state index in [1.807, 2.05) is 0 Å². The summed E-state index contributed by atoms with van der Waals surface area (Å²) < 4.78 is 4.98. The average molecular weight is 244 g/mol. The van der Waals surface area contributed by atoms with E-state index in [9.17, 15) is 9.90 Å². The molecule has 17 heavy (non-hydrogen) atoms. The van der Waals surface area contributed by atoms with Crippen molar-refractivity contribution in [2.24, 2.45) is 0 Å². The second-order valence-corrected chi connectivity index (χ2v) is 5.08. The fraction of sp³-hybridized carbons (Fsp3) is 0.917. The smallest absolute Gasteiger partial charge is 0.326 e. The van der Waals surface area contributed by atoms with E-state index in [2.05, 4.69) is 17.3 Å². The summed E-state index contributed by atoms with van der Waals surface area (Å²) in [6.07, 6.45) is 3.60. The van der Waals surface area contributed by atoms with Crippen molar-refractivity contribution in [3.8, 4) is 0 Å². The van der Waals surface area contributed by atoms with Crippen molar-refractivity contribution in [2.45, 2.75) is 37.8 Å². The molecule has 0 bridgehead atoms. The molecule has 2 atom stereocenters. The number of carbonyl (C=O) groups is 1. The van der Waals surface area contributed by atoms with Gasteiger partial charge in [0.2, 0.25) is 0 Å². The molecule has 0 aromatic rings. The Morgan fingerprint density at radius 3 is 2.82 bits per heavy atom. The fourth-order valence-electron chi connectivity index (χ4n) is 2.22. The van der Waals surface area contributed by atoms with Crippen molar-refractivity contribution in [2.75, 3.05) is 33.9 Å². The SMILES string of the molecule is COCC(C)(NCC1CCCCN1C)C(=O)O. The molecule has 1 heterocycles. The molecule has 0 aliphatic carbocycles. The topological polar surface area (TPSA) is 61.8 Å². The Hall–Kier alpha value is -0.650. The van der Waals surface area contributed by atoms with Gasteiger partial charge in [0.25, 0.3) is 0 Å². The van der Waals surface area contributed by atoms with Gasteiger partial charge in [-0.15, -0.1) is 0 Å². The monoisotopic (exact) mass is 244 g/mol. The highest BCUT2D eigenvalue weighted by molar-refractivity contribution is 5.78. The molecular formula is C12H24N2O3. The van der Waals surface area contributed by atoms with Crippen LogP contribution in [0.3, 0.4) is 0 Å². The Bertz CT molecular complexity index is 260. The second-order valence-electron chi connectivity index (χ2n) is 5.08. The third-order valence-corrected chi connectivity index (χ3v) is 3.55. The van der Waals surface area contributed by atoms with Crippen molar-refractivity contribution in [3.05, 3.63) is 0 Å². The van der Waals surface area contributed by atoms with E-state index in [1.54, 1.807) is 6.92 Å². The molecule has 0 spiro atoms. The number of carboxylic acid groups (broad SMARTS) is 1. The molecule has 1 rings (SSSR count). The van der Waals surface area contributed by atoms with Gasteiger partial charge in [0, 0.05) is 19.7 Å². The predicted octanol–water partition coefficient (Wildman–Crippen LogP) is 0.550. The van der Waals surface area contributed by atoms with Gasteiger partial charge in [-0.2, -0.15) is 0 Å². The van der Waals surface area contributed by atoms with Crippen LogP contribution in [0.2, 0.25) is 0 Å². The Labute approximate surface area is 103 Å². The number of rotatable bonds is 6. The highest BCUT2D eigenvalue weighted by Crippen LogP contribution is 2.15. The van der Waals surface area contributed by atoms with Crippen molar-refractivity contribution in [3.63, 3.8) is 0 Å². The Kier molecular flexibility index (Phi) is 5.36. The summed E-state index contributed by atoms with van der Waals surface area (Å²) in [4.78, 5) is 13.5. The number of nitrogens with one attached hydrogen (secondary N) is 1. The standard InChI is InChI=1S/C12H24N2O3/c1-12(9-17-3,11(15)16)13-8-10-6-4-5-7-14(10)2/h10,13H,4-9H2,1-3H3,(H,15,16). The summed E-state index contributed by atoms with van der Waals surface area (Å²) in [7, 11) is 3.62. The lowest BCUT2D eigenvalue weighted by molar-refractivity contribution is -0.146. The van der Waals surface area contributed by atoms with Crippen LogP contribution in [0.5, 0.6) is 0 Å². The van der Waals surface area contributed by atoms with Gasteiger partial charge in [0.05, 0.1) is 6.61 Å². The number of ether oxygens (including phenoxy) is 1. The zero-order valence-electron chi connectivity index (χ0n) is 11.0. The molecule has 5 nitrogen and oxygen atoms in total. The Morgan fingerprint density at radius 2 is 2.29 bits per heavy atom. The third-order valence-electron chi connectivity index (χ3n) is 3.55. The van der Waals surface area contributed by atoms with Crippen LogP contribution in [0, 0.1) is 0 Å². The van der Waals surface area contributed by atoms with Crippen molar-refractivity contribution >= 4 is 5.97 Å². The number of carboxylic acids is 1. The lowest BCUT2D eigenvalue weighted by Gasteiger charge is -2.35. The van der Waals surface area contributed by atoms with Crippen molar-refractivity contribution in [1.82, 2.24) is 10.2 Å². The first kappa shape index (κ1) is 14.4. The maximum atomic E-state index is 11.2. The van der Waals surface area contributed by atoms with E-state index >= 15 is 0 Å². The van der Waals surface area contributed by atoms with Crippen LogP contribution in [-0.4, -0.2) is 61.4 Å². The largest absolute Gasteiger partial charge is 0.480 e. The number of piperidine rings is 1. The highest BCUT2D eigenvalue weighted by Gasteiger charge is 2.34. The average Bonchev–Trinajstić information content (AvgIpc) is 2.28. The molecule has 0 aromatic carbocycles. The van der Waals surface area contributed by atoms with E-state index in [4.69, 9.17) is 4.74 Å². The number of aliphatic carboxylic acids is 1. The summed E-state index contributed by atoms with van der Waals surface area (Å²) in [5.41, 5.74) is -0.993. The first-order valence-electron chi connectivity index (χ1n) is 6.17. The maximum Gasteiger partial charge on any atom is 0.326 e. The lowest BCUT2D eigenvalue weighted by Crippen LogP contribution is -2.57. The highest BCUT2D eigenvalue weighted by atomic mass is 16.5. The zero-order valence-corrected chi connectivity index (χ0v) is 11.0. The van der Waals surface area contributed by atoms with E-state index in [0.717, 1.165) is 13.0 Å². The van der Waals surface area contributed by atoms with E-state index < -0.39 is 11.5 Å². The third kappa shape index (κ3) is 3.94. The van der Waals surface area contributed by atoms with Crippen LogP contribution in [0.15, 0.2) is 0 Å². The molecule has 1 saturated heterocycles. The van der Waals surface area contributed by atoms with Gasteiger partial charge in [0.15, 0.2) is 0 Å². The van der Waals surface area contributed by atoms with Crippen molar-refractivity contribution in [1.29, 1.82) is 0 Å². The van der Waals surface area contributed by atoms with Crippen molar-refractivity contribution < 1.29 is 14.6 Å². The molecule has 2 unspecified atom stereocenters. The molecule has 1 fully saturated rings. The van der Waals surface area contributed by atoms with Gasteiger partial charge in [-0.25, -0.2) is 0 Å². The molecule has 0 saturated carbocycles. The number of hydrogen-bond donors (Lipinski definition) is 2. The number of nitrogens with zero attached hydrogens (tertiary/aromatic N) is 1. The Morgan fingerprint density at radius 1 is 1.59 bits per heavy atom. The Balaban J connectivity index is 2.48. The first-order valence-corrected chi connectivity index (χ1v) is 6.17. The van der Waals surface area contributed by atoms with Gasteiger partial charge in [-0.05, 0) is 33.4 Å². The van der Waals surface area contributed by atoms with E-state index in [1.165, 1.54) is 20.0 Å². The van der Waals surface area contributed by atoms with Crippen LogP contribution in [0.4, 0.5) is 0 Å². The molecule has 100 valence electrons. The molecule has 0 aromatic heterocycles. The first-order chi connectivity index (χ1) is 7.99.